The first-order chi connectivity index (χ1) is 8.48. The third-order valence-electron chi connectivity index (χ3n) is 3.27. The number of rotatable bonds is 3. The summed E-state index contributed by atoms with van der Waals surface area (Å²) < 4.78 is 0. The van der Waals surface area contributed by atoms with Gasteiger partial charge in [-0.05, 0) is 11.1 Å². The van der Waals surface area contributed by atoms with Gasteiger partial charge in [0, 0.05) is 0 Å². The molecule has 2 aromatic carbocycles. The lowest BCUT2D eigenvalue weighted by Crippen LogP contribution is -2.37. The molecule has 18 heavy (non-hydrogen) atoms. The van der Waals surface area contributed by atoms with Gasteiger partial charge in [-0.15, -0.1) is 0 Å². The van der Waals surface area contributed by atoms with Crippen LogP contribution in [-0.4, -0.2) is 8.07 Å². The van der Waals surface area contributed by atoms with Crippen LogP contribution in [0.25, 0.3) is 0 Å². The number of benzene rings is 2. The molecule has 1 nitrogen and oxygen atoms in total. The quantitative estimate of drug-likeness (QED) is 0.837. The van der Waals surface area contributed by atoms with E-state index >= 15 is 0 Å². The van der Waals surface area contributed by atoms with E-state index in [9.17, 15) is 0 Å². The van der Waals surface area contributed by atoms with Crippen molar-refractivity contribution in [2.24, 2.45) is 5.73 Å². The predicted molar refractivity (Wildman–Crippen MR) is 81.9 cm³/mol. The average Bonchev–Trinajstić information content (AvgIpc) is 2.38. The van der Waals surface area contributed by atoms with Gasteiger partial charge in [-0.1, -0.05) is 79.4 Å². The number of hydrogen-bond acceptors (Lipinski definition) is 1. The van der Waals surface area contributed by atoms with E-state index in [2.05, 4.69) is 56.0 Å². The summed E-state index contributed by atoms with van der Waals surface area (Å²) in [5.74, 6) is 0. The van der Waals surface area contributed by atoms with Gasteiger partial charge in [-0.2, -0.15) is 0 Å². The van der Waals surface area contributed by atoms with Crippen LogP contribution in [0.5, 0.6) is 0 Å². The fourth-order valence-corrected chi connectivity index (χ4v) is 3.25. The summed E-state index contributed by atoms with van der Waals surface area (Å²) in [4.78, 5) is 0. The van der Waals surface area contributed by atoms with Crippen LogP contribution in [0.3, 0.4) is 0 Å². The Balaban J connectivity index is 2.35. The maximum Gasteiger partial charge on any atom is 0.0776 e. The molecule has 0 bridgehead atoms. The highest BCUT2D eigenvalue weighted by atomic mass is 28.3. The second-order valence-corrected chi connectivity index (χ2v) is 10.8. The van der Waals surface area contributed by atoms with Crippen LogP contribution in [0.2, 0.25) is 19.6 Å². The zero-order valence-electron chi connectivity index (χ0n) is 11.4. The summed E-state index contributed by atoms with van der Waals surface area (Å²) in [6.07, 6.45) is 0. The van der Waals surface area contributed by atoms with Crippen molar-refractivity contribution >= 4 is 13.3 Å². The van der Waals surface area contributed by atoms with Crippen molar-refractivity contribution < 1.29 is 0 Å². The Hall–Kier alpha value is -1.38. The van der Waals surface area contributed by atoms with E-state index in [1.807, 2.05) is 18.2 Å². The van der Waals surface area contributed by atoms with Crippen molar-refractivity contribution in [1.29, 1.82) is 0 Å². The van der Waals surface area contributed by atoms with Gasteiger partial charge < -0.3 is 5.73 Å². The standard InChI is InChI=1S/C16H21NSi/c1-18(2,3)15-11-7-10-14(12-15)16(17)13-8-5-4-6-9-13/h4-12,16H,17H2,1-3H3. The highest BCUT2D eigenvalue weighted by Crippen LogP contribution is 2.19. The molecule has 2 heteroatoms. The van der Waals surface area contributed by atoms with Crippen LogP contribution in [-0.2, 0) is 0 Å². The molecular formula is C16H21NSi. The molecule has 0 spiro atoms. The van der Waals surface area contributed by atoms with Crippen LogP contribution in [0.1, 0.15) is 17.2 Å². The second kappa shape index (κ2) is 5.08. The van der Waals surface area contributed by atoms with E-state index in [0.29, 0.717) is 0 Å². The molecule has 0 aromatic heterocycles. The summed E-state index contributed by atoms with van der Waals surface area (Å²) in [5.41, 5.74) is 8.72. The molecule has 0 heterocycles. The maximum atomic E-state index is 6.34. The fourth-order valence-electron chi connectivity index (χ4n) is 2.05. The lowest BCUT2D eigenvalue weighted by molar-refractivity contribution is 0.872. The van der Waals surface area contributed by atoms with Crippen molar-refractivity contribution in [3.05, 3.63) is 65.7 Å². The maximum absolute atomic E-state index is 6.34. The van der Waals surface area contributed by atoms with E-state index in [1.54, 1.807) is 0 Å². The number of nitrogens with two attached hydrogens (primary N) is 1. The molecule has 0 aliphatic carbocycles. The molecule has 0 amide bonds. The molecular weight excluding hydrogens is 234 g/mol. The zero-order valence-corrected chi connectivity index (χ0v) is 12.4. The van der Waals surface area contributed by atoms with Gasteiger partial charge >= 0.3 is 0 Å². The lowest BCUT2D eigenvalue weighted by atomic mass is 10.00. The third-order valence-corrected chi connectivity index (χ3v) is 5.31. The Morgan fingerprint density at radius 3 is 2.06 bits per heavy atom. The minimum Gasteiger partial charge on any atom is -0.320 e. The number of hydrogen-bond donors (Lipinski definition) is 1. The van der Waals surface area contributed by atoms with Crippen molar-refractivity contribution in [1.82, 2.24) is 0 Å². The summed E-state index contributed by atoms with van der Waals surface area (Å²) in [6.45, 7) is 7.08. The van der Waals surface area contributed by atoms with Gasteiger partial charge in [0.15, 0.2) is 0 Å². The molecule has 0 saturated carbocycles. The van der Waals surface area contributed by atoms with Crippen molar-refractivity contribution in [3.63, 3.8) is 0 Å². The first-order valence-electron chi connectivity index (χ1n) is 6.39. The van der Waals surface area contributed by atoms with E-state index in [0.717, 1.165) is 0 Å². The predicted octanol–water partition coefficient (Wildman–Crippen LogP) is 3.28. The van der Waals surface area contributed by atoms with Crippen molar-refractivity contribution in [3.8, 4) is 0 Å². The first-order valence-corrected chi connectivity index (χ1v) is 9.89. The highest BCUT2D eigenvalue weighted by Gasteiger charge is 2.17. The molecule has 2 rings (SSSR count). The molecule has 0 aliphatic heterocycles. The molecule has 1 unspecified atom stereocenters. The van der Waals surface area contributed by atoms with E-state index in [4.69, 9.17) is 5.73 Å². The Morgan fingerprint density at radius 2 is 1.44 bits per heavy atom. The van der Waals surface area contributed by atoms with Crippen LogP contribution < -0.4 is 10.9 Å². The minimum atomic E-state index is -1.27. The first kappa shape index (κ1) is 13.1. The smallest absolute Gasteiger partial charge is 0.0776 e. The Kier molecular flexibility index (Phi) is 3.69. The van der Waals surface area contributed by atoms with Gasteiger partial charge in [-0.25, -0.2) is 0 Å². The second-order valence-electron chi connectivity index (χ2n) is 5.76. The van der Waals surface area contributed by atoms with Crippen LogP contribution in [0.15, 0.2) is 54.6 Å². The molecule has 0 fully saturated rings. The van der Waals surface area contributed by atoms with Crippen LogP contribution in [0.4, 0.5) is 0 Å². The van der Waals surface area contributed by atoms with Crippen molar-refractivity contribution in [2.45, 2.75) is 25.7 Å². The van der Waals surface area contributed by atoms with Crippen LogP contribution >= 0.6 is 0 Å². The summed E-state index contributed by atoms with van der Waals surface area (Å²) in [7, 11) is -1.27. The molecule has 1 atom stereocenters. The molecule has 94 valence electrons. The Bertz CT molecular complexity index is 514. The van der Waals surface area contributed by atoms with Crippen molar-refractivity contribution in [2.75, 3.05) is 0 Å². The Morgan fingerprint density at radius 1 is 0.833 bits per heavy atom. The fraction of sp³-hybridized carbons (Fsp3) is 0.250. The van der Waals surface area contributed by atoms with Gasteiger partial charge in [0.25, 0.3) is 0 Å². The Labute approximate surface area is 111 Å². The van der Waals surface area contributed by atoms with Gasteiger partial charge in [0.1, 0.15) is 0 Å². The zero-order chi connectivity index (χ0) is 13.2. The normalized spacial score (nSPS) is 13.3. The van der Waals surface area contributed by atoms with E-state index < -0.39 is 8.07 Å². The highest BCUT2D eigenvalue weighted by molar-refractivity contribution is 6.88. The van der Waals surface area contributed by atoms with E-state index in [1.165, 1.54) is 16.3 Å². The largest absolute Gasteiger partial charge is 0.320 e. The molecule has 0 saturated heterocycles. The lowest BCUT2D eigenvalue weighted by Gasteiger charge is -2.20. The molecule has 0 aliphatic rings. The average molecular weight is 255 g/mol. The monoisotopic (exact) mass is 255 g/mol. The van der Waals surface area contributed by atoms with Gasteiger partial charge in [0.05, 0.1) is 14.1 Å². The molecule has 0 radical (unpaired) electrons. The summed E-state index contributed by atoms with van der Waals surface area (Å²) in [6, 6.07) is 19.0. The summed E-state index contributed by atoms with van der Waals surface area (Å²) in [5, 5.41) is 1.46. The van der Waals surface area contributed by atoms with E-state index in [-0.39, 0.29) is 6.04 Å². The molecule has 2 N–H and O–H groups in total. The third kappa shape index (κ3) is 2.89. The summed E-state index contributed by atoms with van der Waals surface area (Å²) >= 11 is 0. The SMILES string of the molecule is C[Si](C)(C)c1cccc(C(N)c2ccccc2)c1. The molecule has 2 aromatic rings. The minimum absolute atomic E-state index is 0.0255. The van der Waals surface area contributed by atoms with Gasteiger partial charge in [-0.3, -0.25) is 0 Å². The topological polar surface area (TPSA) is 26.0 Å². The van der Waals surface area contributed by atoms with Crippen LogP contribution in [0, 0.1) is 0 Å². The van der Waals surface area contributed by atoms with Gasteiger partial charge in [0.2, 0.25) is 0 Å².